The summed E-state index contributed by atoms with van der Waals surface area (Å²) >= 11 is 0. The molecule has 0 amide bonds. The van der Waals surface area contributed by atoms with Gasteiger partial charge in [0, 0.05) is 13.5 Å². The number of fused-ring (bicyclic) bond motifs is 2. The molecule has 1 aliphatic rings. The number of aliphatic carboxylic acids is 1. The van der Waals surface area contributed by atoms with E-state index in [1.54, 1.807) is 24.3 Å². The summed E-state index contributed by atoms with van der Waals surface area (Å²) in [5, 5.41) is 12.2. The summed E-state index contributed by atoms with van der Waals surface area (Å²) in [5.41, 5.74) is 3.01. The zero-order valence-electron chi connectivity index (χ0n) is 18.8. The van der Waals surface area contributed by atoms with Crippen molar-refractivity contribution in [2.24, 2.45) is 0 Å². The Kier molecular flexibility index (Phi) is 9.65. The highest BCUT2D eigenvalue weighted by Crippen LogP contribution is 2.39. The Morgan fingerprint density at radius 2 is 1.81 bits per heavy atom. The zero-order chi connectivity index (χ0) is 23.0. The number of halogens is 1. The van der Waals surface area contributed by atoms with Crippen molar-refractivity contribution in [3.63, 3.8) is 0 Å². The van der Waals surface area contributed by atoms with Gasteiger partial charge in [0.15, 0.2) is 11.0 Å². The summed E-state index contributed by atoms with van der Waals surface area (Å²) in [5.74, 6) is -1.06. The Hall–Kier alpha value is -2.25. The first-order valence-corrected chi connectivity index (χ1v) is 12.0. The highest BCUT2D eigenvalue weighted by molar-refractivity contribution is 7.86. The first-order chi connectivity index (χ1) is 14.9. The number of hydrogen-bond donors (Lipinski definition) is 2. The number of nitrogens with one attached hydrogen (secondary N) is 1. The number of anilines is 1. The van der Waals surface area contributed by atoms with Gasteiger partial charge < -0.3 is 10.4 Å². The highest BCUT2D eigenvalue weighted by Gasteiger charge is 2.30. The molecule has 0 aromatic heterocycles. The predicted molar refractivity (Wildman–Crippen MR) is 124 cm³/mol. The molecule has 0 fully saturated rings. The van der Waals surface area contributed by atoms with Crippen LogP contribution in [0.4, 0.5) is 10.1 Å². The Morgan fingerprint density at radius 3 is 2.52 bits per heavy atom. The van der Waals surface area contributed by atoms with E-state index in [-0.39, 0.29) is 18.3 Å². The van der Waals surface area contributed by atoms with Crippen molar-refractivity contribution < 1.29 is 18.5 Å². The minimum Gasteiger partial charge on any atom is -0.481 e. The number of aryl methyl sites for hydroxylation is 1. The molecule has 0 spiro atoms. The minimum atomic E-state index is -1.42. The molecule has 170 valence electrons. The van der Waals surface area contributed by atoms with Crippen LogP contribution in [0.2, 0.25) is 0 Å². The monoisotopic (exact) mass is 448 g/mol. The molecule has 2 aromatic carbocycles. The molecule has 5 nitrogen and oxygen atoms in total. The molecule has 2 atom stereocenters. The van der Waals surface area contributed by atoms with Gasteiger partial charge in [-0.05, 0) is 61.2 Å². The van der Waals surface area contributed by atoms with Crippen molar-refractivity contribution >= 4 is 22.6 Å². The van der Waals surface area contributed by atoms with Crippen molar-refractivity contribution in [2.75, 3.05) is 17.9 Å². The summed E-state index contributed by atoms with van der Waals surface area (Å²) in [6.45, 7) is 6.39. The van der Waals surface area contributed by atoms with E-state index in [4.69, 9.17) is 5.11 Å². The fourth-order valence-electron chi connectivity index (χ4n) is 3.69. The van der Waals surface area contributed by atoms with Crippen LogP contribution >= 0.6 is 0 Å². The maximum atomic E-state index is 14.4. The molecule has 2 unspecified atom stereocenters. The summed E-state index contributed by atoms with van der Waals surface area (Å²) in [6, 6.07) is 10.7. The standard InChI is InChI=1S/C22H27FN2O3S.C2H6/c1-15-13-20-17(14-18(15)23)22(24-12-8-4-3-5-11-21(26)27)16-9-6-7-10-19(16)25(2)29(20)28;1-2/h6-7,9-10,13-14,22,24H,3-5,8,11-12H2,1-2H3,(H,26,27);1-2H3. The number of nitrogens with zero attached hydrogens (tertiary/aromatic N) is 1. The van der Waals surface area contributed by atoms with Crippen LogP contribution in [0.5, 0.6) is 0 Å². The lowest BCUT2D eigenvalue weighted by molar-refractivity contribution is -0.137. The number of carbonyl (C=O) groups is 1. The number of carboxylic acids is 1. The van der Waals surface area contributed by atoms with Crippen LogP contribution in [0.1, 0.15) is 68.7 Å². The third-order valence-electron chi connectivity index (χ3n) is 5.29. The Labute approximate surface area is 187 Å². The normalized spacial score (nSPS) is 17.1. The van der Waals surface area contributed by atoms with Gasteiger partial charge in [0.2, 0.25) is 0 Å². The average Bonchev–Trinajstić information content (AvgIpc) is 2.84. The molecule has 7 heteroatoms. The second-order valence-electron chi connectivity index (χ2n) is 7.39. The van der Waals surface area contributed by atoms with Crippen LogP contribution in [-0.2, 0) is 15.8 Å². The van der Waals surface area contributed by atoms with Crippen molar-refractivity contribution in [1.82, 2.24) is 5.32 Å². The van der Waals surface area contributed by atoms with Gasteiger partial charge >= 0.3 is 5.97 Å². The summed E-state index contributed by atoms with van der Waals surface area (Å²) in [6.07, 6.45) is 3.56. The second-order valence-corrected chi connectivity index (χ2v) is 8.88. The van der Waals surface area contributed by atoms with Crippen molar-refractivity contribution in [3.8, 4) is 0 Å². The van der Waals surface area contributed by atoms with Gasteiger partial charge in [-0.3, -0.25) is 9.10 Å². The van der Waals surface area contributed by atoms with E-state index in [1.165, 1.54) is 6.07 Å². The lowest BCUT2D eigenvalue weighted by Crippen LogP contribution is -2.24. The lowest BCUT2D eigenvalue weighted by Gasteiger charge is -2.22. The lowest BCUT2D eigenvalue weighted by atomic mass is 9.95. The van der Waals surface area contributed by atoms with Gasteiger partial charge in [-0.1, -0.05) is 44.9 Å². The van der Waals surface area contributed by atoms with Crippen LogP contribution in [0, 0.1) is 12.7 Å². The molecule has 0 bridgehead atoms. The van der Waals surface area contributed by atoms with E-state index in [2.05, 4.69) is 5.32 Å². The number of carboxylic acid groups (broad SMARTS) is 1. The first kappa shape index (κ1) is 25.0. The molecule has 1 aliphatic heterocycles. The fraction of sp³-hybridized carbons (Fsp3) is 0.458. The topological polar surface area (TPSA) is 69.6 Å². The third-order valence-corrected chi connectivity index (χ3v) is 6.72. The highest BCUT2D eigenvalue weighted by atomic mass is 32.2. The zero-order valence-corrected chi connectivity index (χ0v) is 19.6. The molecule has 0 aliphatic carbocycles. The molecule has 2 aromatic rings. The molecule has 0 saturated heterocycles. The molecule has 0 saturated carbocycles. The van der Waals surface area contributed by atoms with Gasteiger partial charge in [0.25, 0.3) is 0 Å². The van der Waals surface area contributed by atoms with Crippen LogP contribution < -0.4 is 9.62 Å². The molecule has 0 radical (unpaired) electrons. The molecule has 3 rings (SSSR count). The second kappa shape index (κ2) is 12.0. The maximum Gasteiger partial charge on any atom is 0.303 e. The van der Waals surface area contributed by atoms with E-state index in [0.717, 1.165) is 30.5 Å². The van der Waals surface area contributed by atoms with Gasteiger partial charge in [-0.2, -0.15) is 0 Å². The van der Waals surface area contributed by atoms with E-state index in [9.17, 15) is 13.4 Å². The largest absolute Gasteiger partial charge is 0.481 e. The van der Waals surface area contributed by atoms with E-state index in [1.807, 2.05) is 38.1 Å². The average molecular weight is 449 g/mol. The van der Waals surface area contributed by atoms with Crippen molar-refractivity contribution in [1.29, 1.82) is 0 Å². The van der Waals surface area contributed by atoms with Crippen molar-refractivity contribution in [2.45, 2.75) is 63.8 Å². The fourth-order valence-corrected chi connectivity index (χ4v) is 4.99. The number of para-hydroxylation sites is 1. The number of rotatable bonds is 8. The smallest absolute Gasteiger partial charge is 0.303 e. The Morgan fingerprint density at radius 1 is 1.13 bits per heavy atom. The molecule has 2 N–H and O–H groups in total. The van der Waals surface area contributed by atoms with Gasteiger partial charge in [-0.25, -0.2) is 8.60 Å². The van der Waals surface area contributed by atoms with Crippen LogP contribution in [0.3, 0.4) is 0 Å². The molecular formula is C24H33FN2O3S. The SMILES string of the molecule is CC.Cc1cc2c(cc1F)C(NCCCCCCC(=O)O)c1ccccc1N(C)S2=O. The van der Waals surface area contributed by atoms with Crippen LogP contribution in [0.15, 0.2) is 41.3 Å². The minimum absolute atomic E-state index is 0.202. The number of hydrogen-bond acceptors (Lipinski definition) is 3. The molecule has 1 heterocycles. The Balaban J connectivity index is 0.00000166. The van der Waals surface area contributed by atoms with Gasteiger partial charge in [-0.15, -0.1) is 0 Å². The molecular weight excluding hydrogens is 415 g/mol. The summed E-state index contributed by atoms with van der Waals surface area (Å²) < 4.78 is 29.3. The summed E-state index contributed by atoms with van der Waals surface area (Å²) in [7, 11) is 0.371. The number of benzene rings is 2. The Bertz CT molecular complexity index is 920. The molecule has 31 heavy (non-hydrogen) atoms. The van der Waals surface area contributed by atoms with Crippen molar-refractivity contribution in [3.05, 3.63) is 58.9 Å². The van der Waals surface area contributed by atoms with Gasteiger partial charge in [0.05, 0.1) is 16.6 Å². The van der Waals surface area contributed by atoms with E-state index < -0.39 is 17.0 Å². The van der Waals surface area contributed by atoms with Crippen LogP contribution in [-0.4, -0.2) is 28.9 Å². The predicted octanol–water partition coefficient (Wildman–Crippen LogP) is 5.35. The number of unbranched alkanes of at least 4 members (excludes halogenated alkanes) is 3. The third kappa shape index (κ3) is 6.14. The quantitative estimate of drug-likeness (QED) is 0.534. The van der Waals surface area contributed by atoms with E-state index in [0.29, 0.717) is 29.0 Å². The van der Waals surface area contributed by atoms with Gasteiger partial charge in [0.1, 0.15) is 5.82 Å². The van der Waals surface area contributed by atoms with E-state index >= 15 is 0 Å². The maximum absolute atomic E-state index is 14.4. The van der Waals surface area contributed by atoms with Crippen LogP contribution in [0.25, 0.3) is 0 Å². The summed E-state index contributed by atoms with van der Waals surface area (Å²) in [4.78, 5) is 11.2. The first-order valence-electron chi connectivity index (χ1n) is 10.9.